The third kappa shape index (κ3) is 7.25. The standard InChI is InChI=1S/C20H23FN4O5S/c1-29-19(18(13-21)24-25-22)16-7-9-17(10-8-16)31(27,28)12-11-23-20(26)30-14-15-5-3-2-4-6-15/h2-10,18-19H,11-14H2,1H3,(H,23,26)/t18-,19-/m1/s1. The van der Waals surface area contributed by atoms with E-state index in [9.17, 15) is 17.6 Å². The molecule has 166 valence electrons. The summed E-state index contributed by atoms with van der Waals surface area (Å²) in [5.74, 6) is -0.327. The van der Waals surface area contributed by atoms with E-state index in [-0.39, 0.29) is 23.8 Å². The second-order valence-corrected chi connectivity index (χ2v) is 8.57. The van der Waals surface area contributed by atoms with Crippen LogP contribution in [0.1, 0.15) is 17.2 Å². The lowest BCUT2D eigenvalue weighted by atomic mass is 10.0. The number of alkyl carbamates (subject to hydrolysis) is 1. The van der Waals surface area contributed by atoms with E-state index in [4.69, 9.17) is 15.0 Å². The number of rotatable bonds is 11. The lowest BCUT2D eigenvalue weighted by molar-refractivity contribution is 0.0721. The Balaban J connectivity index is 1.91. The number of carbonyl (C=O) groups excluding carboxylic acids is 1. The number of alkyl halides is 1. The molecule has 31 heavy (non-hydrogen) atoms. The van der Waals surface area contributed by atoms with Gasteiger partial charge in [-0.25, -0.2) is 13.2 Å². The minimum Gasteiger partial charge on any atom is -0.445 e. The highest BCUT2D eigenvalue weighted by Gasteiger charge is 2.23. The topological polar surface area (TPSA) is 130 Å². The number of benzene rings is 2. The molecule has 0 aromatic heterocycles. The lowest BCUT2D eigenvalue weighted by Gasteiger charge is -2.20. The van der Waals surface area contributed by atoms with Crippen LogP contribution in [0.15, 0.2) is 64.6 Å². The largest absolute Gasteiger partial charge is 0.445 e. The van der Waals surface area contributed by atoms with E-state index in [1.807, 2.05) is 18.2 Å². The van der Waals surface area contributed by atoms with E-state index in [1.165, 1.54) is 31.4 Å². The normalized spacial score (nSPS) is 13.0. The Morgan fingerprint density at radius 3 is 2.45 bits per heavy atom. The summed E-state index contributed by atoms with van der Waals surface area (Å²) >= 11 is 0. The second-order valence-electron chi connectivity index (χ2n) is 6.46. The van der Waals surface area contributed by atoms with Crippen LogP contribution in [0.2, 0.25) is 0 Å². The summed E-state index contributed by atoms with van der Waals surface area (Å²) in [4.78, 5) is 14.4. The van der Waals surface area contributed by atoms with Crippen LogP contribution in [-0.4, -0.2) is 46.6 Å². The lowest BCUT2D eigenvalue weighted by Crippen LogP contribution is -2.29. The zero-order valence-corrected chi connectivity index (χ0v) is 17.7. The van der Waals surface area contributed by atoms with E-state index in [0.717, 1.165) is 5.56 Å². The van der Waals surface area contributed by atoms with Crippen LogP contribution in [0, 0.1) is 0 Å². The van der Waals surface area contributed by atoms with Crippen molar-refractivity contribution in [2.45, 2.75) is 23.6 Å². The van der Waals surface area contributed by atoms with E-state index < -0.39 is 34.8 Å². The molecule has 0 saturated carbocycles. The summed E-state index contributed by atoms with van der Waals surface area (Å²) in [6.07, 6.45) is -1.56. The first-order valence-electron chi connectivity index (χ1n) is 9.31. The number of nitrogens with one attached hydrogen (secondary N) is 1. The molecule has 0 saturated heterocycles. The number of halogens is 1. The van der Waals surface area contributed by atoms with Crippen LogP contribution in [0.5, 0.6) is 0 Å². The minimum atomic E-state index is -3.68. The van der Waals surface area contributed by atoms with Gasteiger partial charge >= 0.3 is 6.09 Å². The van der Waals surface area contributed by atoms with Crippen LogP contribution in [0.3, 0.4) is 0 Å². The predicted octanol–water partition coefficient (Wildman–Crippen LogP) is 3.72. The fraction of sp³-hybridized carbons (Fsp3) is 0.350. The monoisotopic (exact) mass is 450 g/mol. The molecule has 2 aromatic carbocycles. The van der Waals surface area contributed by atoms with Gasteiger partial charge in [0.1, 0.15) is 13.3 Å². The molecule has 0 aliphatic carbocycles. The maximum Gasteiger partial charge on any atom is 0.407 e. The van der Waals surface area contributed by atoms with Gasteiger partial charge in [0, 0.05) is 18.6 Å². The molecule has 0 aliphatic rings. The van der Waals surface area contributed by atoms with Gasteiger partial charge in [-0.05, 0) is 28.8 Å². The van der Waals surface area contributed by atoms with E-state index >= 15 is 0 Å². The molecule has 2 aromatic rings. The van der Waals surface area contributed by atoms with Crippen LogP contribution in [0.4, 0.5) is 9.18 Å². The van der Waals surface area contributed by atoms with Gasteiger partial charge in [0.05, 0.1) is 22.8 Å². The van der Waals surface area contributed by atoms with E-state index in [2.05, 4.69) is 15.3 Å². The molecule has 9 nitrogen and oxygen atoms in total. The highest BCUT2D eigenvalue weighted by molar-refractivity contribution is 7.91. The zero-order chi connectivity index (χ0) is 22.7. The molecule has 2 rings (SSSR count). The molecule has 0 spiro atoms. The number of carbonyl (C=O) groups is 1. The second kappa shape index (κ2) is 11.9. The Labute approximate surface area is 179 Å². The third-order valence-electron chi connectivity index (χ3n) is 4.38. The first-order chi connectivity index (χ1) is 14.9. The third-order valence-corrected chi connectivity index (χ3v) is 6.11. The average Bonchev–Trinajstić information content (AvgIpc) is 2.78. The molecular formula is C20H23FN4O5S. The first-order valence-corrected chi connectivity index (χ1v) is 11.0. The molecule has 0 fully saturated rings. The van der Waals surface area contributed by atoms with Crippen molar-refractivity contribution in [1.82, 2.24) is 5.32 Å². The molecule has 11 heteroatoms. The molecule has 2 atom stereocenters. The zero-order valence-electron chi connectivity index (χ0n) is 16.8. The fourth-order valence-corrected chi connectivity index (χ4v) is 3.96. The van der Waals surface area contributed by atoms with Crippen molar-refractivity contribution >= 4 is 15.9 Å². The van der Waals surface area contributed by atoms with Crippen molar-refractivity contribution < 1.29 is 27.1 Å². The summed E-state index contributed by atoms with van der Waals surface area (Å²) in [6.45, 7) is -0.967. The first kappa shape index (κ1) is 24.1. The van der Waals surface area contributed by atoms with Crippen molar-refractivity contribution in [1.29, 1.82) is 0 Å². The fourth-order valence-electron chi connectivity index (χ4n) is 2.80. The van der Waals surface area contributed by atoms with Crippen LogP contribution >= 0.6 is 0 Å². The maximum absolute atomic E-state index is 13.1. The van der Waals surface area contributed by atoms with Gasteiger partial charge in [0.25, 0.3) is 0 Å². The SMILES string of the molecule is CO[C@H](c1ccc(S(=O)(=O)CCNC(=O)OCc2ccccc2)cc1)[C@@H](CF)N=[N+]=[N-]. The molecule has 0 unspecified atom stereocenters. The van der Waals surface area contributed by atoms with Crippen LogP contribution in [0.25, 0.3) is 10.4 Å². The van der Waals surface area contributed by atoms with Crippen molar-refractivity contribution in [3.63, 3.8) is 0 Å². The summed E-state index contributed by atoms with van der Waals surface area (Å²) in [5, 5.41) is 5.77. The number of methoxy groups -OCH3 is 1. The van der Waals surface area contributed by atoms with Gasteiger partial charge in [-0.15, -0.1) is 0 Å². The molecule has 0 bridgehead atoms. The van der Waals surface area contributed by atoms with Crippen molar-refractivity contribution in [3.05, 3.63) is 76.2 Å². The number of ether oxygens (including phenoxy) is 2. The van der Waals surface area contributed by atoms with Crippen molar-refractivity contribution in [2.24, 2.45) is 5.11 Å². The Hall–Kier alpha value is -3.14. The van der Waals surface area contributed by atoms with E-state index in [0.29, 0.717) is 5.56 Å². The number of amides is 1. The Kier molecular flexibility index (Phi) is 9.26. The molecule has 0 aliphatic heterocycles. The smallest absolute Gasteiger partial charge is 0.407 e. The highest BCUT2D eigenvalue weighted by Crippen LogP contribution is 2.25. The number of hydrogen-bond acceptors (Lipinski definition) is 6. The van der Waals surface area contributed by atoms with Gasteiger partial charge in [-0.3, -0.25) is 4.39 Å². The number of sulfone groups is 1. The number of azide groups is 1. The molecular weight excluding hydrogens is 427 g/mol. The summed E-state index contributed by atoms with van der Waals surface area (Å²) in [5.41, 5.74) is 9.83. The van der Waals surface area contributed by atoms with Gasteiger partial charge in [-0.2, -0.15) is 0 Å². The van der Waals surface area contributed by atoms with E-state index in [1.54, 1.807) is 12.1 Å². The Morgan fingerprint density at radius 1 is 1.19 bits per heavy atom. The molecule has 0 heterocycles. The van der Waals surface area contributed by atoms with Crippen LogP contribution < -0.4 is 5.32 Å². The number of hydrogen-bond donors (Lipinski definition) is 1. The minimum absolute atomic E-state index is 0.0335. The Bertz CT molecular complexity index is 996. The molecule has 0 radical (unpaired) electrons. The molecule has 1 N–H and O–H groups in total. The quantitative estimate of drug-likeness (QED) is 0.317. The highest BCUT2D eigenvalue weighted by atomic mass is 32.2. The van der Waals surface area contributed by atoms with Gasteiger partial charge in [0.2, 0.25) is 0 Å². The van der Waals surface area contributed by atoms with Crippen molar-refractivity contribution in [2.75, 3.05) is 26.1 Å². The predicted molar refractivity (Wildman–Crippen MR) is 112 cm³/mol. The summed E-state index contributed by atoms with van der Waals surface area (Å²) in [6, 6.07) is 13.7. The molecule has 1 amide bonds. The summed E-state index contributed by atoms with van der Waals surface area (Å²) in [7, 11) is -2.33. The average molecular weight is 450 g/mol. The number of nitrogens with zero attached hydrogens (tertiary/aromatic N) is 3. The van der Waals surface area contributed by atoms with Crippen LogP contribution in [-0.2, 0) is 25.9 Å². The van der Waals surface area contributed by atoms with Gasteiger partial charge in [0.15, 0.2) is 9.84 Å². The maximum atomic E-state index is 13.1. The van der Waals surface area contributed by atoms with Gasteiger partial charge < -0.3 is 14.8 Å². The summed E-state index contributed by atoms with van der Waals surface area (Å²) < 4.78 is 48.3. The van der Waals surface area contributed by atoms with Gasteiger partial charge in [-0.1, -0.05) is 47.6 Å². The van der Waals surface area contributed by atoms with Crippen molar-refractivity contribution in [3.8, 4) is 0 Å². The Morgan fingerprint density at radius 2 is 1.87 bits per heavy atom.